The molecule has 1 atom stereocenters. The number of ether oxygens (including phenoxy) is 1. The van der Waals surface area contributed by atoms with Gasteiger partial charge in [0.1, 0.15) is 18.5 Å². The monoisotopic (exact) mass is 366 g/mol. The third-order valence-corrected chi connectivity index (χ3v) is 4.32. The highest BCUT2D eigenvalue weighted by molar-refractivity contribution is 6.34. The predicted molar refractivity (Wildman–Crippen MR) is 95.1 cm³/mol. The highest BCUT2D eigenvalue weighted by atomic mass is 35.5. The van der Waals surface area contributed by atoms with E-state index in [0.29, 0.717) is 15.8 Å². The van der Waals surface area contributed by atoms with Gasteiger partial charge in [-0.1, -0.05) is 35.3 Å². The molecule has 0 aliphatic rings. The van der Waals surface area contributed by atoms with E-state index in [-0.39, 0.29) is 18.8 Å². The van der Waals surface area contributed by atoms with Crippen molar-refractivity contribution in [2.45, 2.75) is 12.6 Å². The van der Waals surface area contributed by atoms with Crippen LogP contribution in [0.3, 0.4) is 0 Å². The lowest BCUT2D eigenvalue weighted by Gasteiger charge is -2.14. The molecule has 1 N–H and O–H groups in total. The Bertz CT molecular complexity index is 933. The van der Waals surface area contributed by atoms with Crippen LogP contribution in [0.4, 0.5) is 0 Å². The molecular weight excluding hydrogens is 351 g/mol. The molecule has 0 fully saturated rings. The van der Waals surface area contributed by atoms with Crippen LogP contribution < -0.4 is 10.4 Å². The van der Waals surface area contributed by atoms with E-state index in [1.165, 1.54) is 4.57 Å². The summed E-state index contributed by atoms with van der Waals surface area (Å²) in [5.74, 6) is 0.397. The van der Waals surface area contributed by atoms with Crippen LogP contribution in [0.5, 0.6) is 5.75 Å². The quantitative estimate of drug-likeness (QED) is 0.754. The Morgan fingerprint density at radius 1 is 1.17 bits per heavy atom. The van der Waals surface area contributed by atoms with Crippen molar-refractivity contribution >= 4 is 34.2 Å². The summed E-state index contributed by atoms with van der Waals surface area (Å²) in [4.78, 5) is 12.3. The molecule has 3 aromatic rings. The summed E-state index contributed by atoms with van der Waals surface area (Å²) in [7, 11) is 1.70. The van der Waals surface area contributed by atoms with Crippen LogP contribution in [0.1, 0.15) is 0 Å². The Balaban J connectivity index is 1.76. The number of aryl methyl sites for hydroxylation is 1. The number of rotatable bonds is 5. The van der Waals surface area contributed by atoms with Gasteiger partial charge in [0.2, 0.25) is 0 Å². The fourth-order valence-electron chi connectivity index (χ4n) is 2.58. The molecule has 0 radical (unpaired) electrons. The highest BCUT2D eigenvalue weighted by Gasteiger charge is 2.15. The number of hydrogen-bond donors (Lipinski definition) is 1. The molecule has 7 heteroatoms. The van der Waals surface area contributed by atoms with Crippen LogP contribution in [-0.2, 0) is 13.6 Å². The second-order valence-electron chi connectivity index (χ2n) is 5.48. The topological polar surface area (TPSA) is 56.4 Å². The molecule has 0 spiro atoms. The maximum atomic E-state index is 12.3. The normalized spacial score (nSPS) is 12.5. The summed E-state index contributed by atoms with van der Waals surface area (Å²) in [5.41, 5.74) is 1.40. The van der Waals surface area contributed by atoms with Gasteiger partial charge >= 0.3 is 5.69 Å². The van der Waals surface area contributed by atoms with E-state index in [2.05, 4.69) is 0 Å². The second-order valence-corrected chi connectivity index (χ2v) is 6.32. The van der Waals surface area contributed by atoms with Gasteiger partial charge < -0.3 is 9.84 Å². The van der Waals surface area contributed by atoms with Crippen molar-refractivity contribution in [3.05, 3.63) is 63.0 Å². The second kappa shape index (κ2) is 6.89. The van der Waals surface area contributed by atoms with Gasteiger partial charge in [0, 0.05) is 18.1 Å². The van der Waals surface area contributed by atoms with Gasteiger partial charge in [-0.05, 0) is 24.3 Å². The Labute approximate surface area is 148 Å². The first-order valence-electron chi connectivity index (χ1n) is 7.37. The zero-order valence-corrected chi connectivity index (χ0v) is 14.5. The van der Waals surface area contributed by atoms with E-state index in [4.69, 9.17) is 27.9 Å². The van der Waals surface area contributed by atoms with Crippen LogP contribution in [0, 0.1) is 0 Å². The van der Waals surface area contributed by atoms with Gasteiger partial charge in [-0.2, -0.15) is 0 Å². The lowest BCUT2D eigenvalue weighted by Crippen LogP contribution is -2.30. The van der Waals surface area contributed by atoms with Gasteiger partial charge in [-0.15, -0.1) is 0 Å². The number of benzene rings is 2. The fraction of sp³-hybridized carbons (Fsp3) is 0.235. The summed E-state index contributed by atoms with van der Waals surface area (Å²) < 4.78 is 8.60. The molecule has 5 nitrogen and oxygen atoms in total. The predicted octanol–water partition coefficient (Wildman–Crippen LogP) is 3.09. The van der Waals surface area contributed by atoms with E-state index in [0.717, 1.165) is 11.0 Å². The molecule has 2 aromatic carbocycles. The van der Waals surface area contributed by atoms with Crippen LogP contribution in [0.25, 0.3) is 11.0 Å². The zero-order valence-electron chi connectivity index (χ0n) is 12.9. The SMILES string of the molecule is Cn1c(=O)n(CC(O)COc2cc(Cl)ccc2Cl)c2ccccc21. The molecule has 126 valence electrons. The summed E-state index contributed by atoms with van der Waals surface area (Å²) in [6, 6.07) is 12.3. The van der Waals surface area contributed by atoms with Gasteiger partial charge in [-0.3, -0.25) is 9.13 Å². The molecule has 1 aromatic heterocycles. The summed E-state index contributed by atoms with van der Waals surface area (Å²) in [6.07, 6.45) is -0.872. The van der Waals surface area contributed by atoms with E-state index in [1.807, 2.05) is 24.3 Å². The fourth-order valence-corrected chi connectivity index (χ4v) is 2.91. The summed E-state index contributed by atoms with van der Waals surface area (Å²) >= 11 is 11.9. The van der Waals surface area contributed by atoms with Gasteiger partial charge in [0.15, 0.2) is 0 Å². The van der Waals surface area contributed by atoms with Gasteiger partial charge in [0.05, 0.1) is 22.6 Å². The van der Waals surface area contributed by atoms with Crippen molar-refractivity contribution in [3.63, 3.8) is 0 Å². The van der Waals surface area contributed by atoms with Crippen LogP contribution in [-0.4, -0.2) is 27.0 Å². The van der Waals surface area contributed by atoms with E-state index < -0.39 is 6.10 Å². The minimum Gasteiger partial charge on any atom is -0.489 e. The highest BCUT2D eigenvalue weighted by Crippen LogP contribution is 2.27. The van der Waals surface area contributed by atoms with Crippen molar-refractivity contribution in [1.29, 1.82) is 0 Å². The molecule has 24 heavy (non-hydrogen) atoms. The first-order chi connectivity index (χ1) is 11.5. The molecule has 0 aliphatic heterocycles. The molecule has 1 unspecified atom stereocenters. The van der Waals surface area contributed by atoms with Gasteiger partial charge in [-0.25, -0.2) is 4.79 Å². The third kappa shape index (κ3) is 3.29. The number of nitrogens with zero attached hydrogens (tertiary/aromatic N) is 2. The van der Waals surface area contributed by atoms with Crippen molar-refractivity contribution in [2.75, 3.05) is 6.61 Å². The standard InChI is InChI=1S/C17H16Cl2N2O3/c1-20-14-4-2-3-5-15(14)21(17(20)23)9-12(22)10-24-16-8-11(18)6-7-13(16)19/h2-8,12,22H,9-10H2,1H3. The van der Waals surface area contributed by atoms with Crippen molar-refractivity contribution < 1.29 is 9.84 Å². The molecule has 0 saturated carbocycles. The number of aromatic nitrogens is 2. The number of halogens is 2. The van der Waals surface area contributed by atoms with Crippen molar-refractivity contribution in [2.24, 2.45) is 7.05 Å². The summed E-state index contributed by atoms with van der Waals surface area (Å²) in [5, 5.41) is 11.2. The molecule has 0 bridgehead atoms. The Hall–Kier alpha value is -1.95. The smallest absolute Gasteiger partial charge is 0.328 e. The van der Waals surface area contributed by atoms with Crippen LogP contribution in [0.2, 0.25) is 10.0 Å². The first-order valence-corrected chi connectivity index (χ1v) is 8.13. The zero-order chi connectivity index (χ0) is 17.3. The van der Waals surface area contributed by atoms with Crippen LogP contribution in [0.15, 0.2) is 47.3 Å². The number of aliphatic hydroxyl groups is 1. The molecular formula is C17H16Cl2N2O3. The van der Waals surface area contributed by atoms with Crippen LogP contribution >= 0.6 is 23.2 Å². The lowest BCUT2D eigenvalue weighted by molar-refractivity contribution is 0.0925. The Morgan fingerprint density at radius 3 is 2.62 bits per heavy atom. The van der Waals surface area contributed by atoms with Gasteiger partial charge in [0.25, 0.3) is 0 Å². The van der Waals surface area contributed by atoms with Crippen molar-refractivity contribution in [3.8, 4) is 5.75 Å². The minimum absolute atomic E-state index is 0.00424. The number of aliphatic hydroxyl groups excluding tert-OH is 1. The maximum Gasteiger partial charge on any atom is 0.328 e. The number of imidazole rings is 1. The Morgan fingerprint density at radius 2 is 1.88 bits per heavy atom. The summed E-state index contributed by atoms with van der Waals surface area (Å²) in [6.45, 7) is 0.119. The molecule has 3 rings (SSSR count). The first kappa shape index (κ1) is 16.9. The number of hydrogen-bond acceptors (Lipinski definition) is 3. The number of fused-ring (bicyclic) bond motifs is 1. The average Bonchev–Trinajstić information content (AvgIpc) is 2.81. The lowest BCUT2D eigenvalue weighted by atomic mass is 10.3. The molecule has 0 amide bonds. The number of para-hydroxylation sites is 2. The molecule has 0 saturated heterocycles. The maximum absolute atomic E-state index is 12.3. The van der Waals surface area contributed by atoms with Crippen molar-refractivity contribution in [1.82, 2.24) is 9.13 Å². The van der Waals surface area contributed by atoms with E-state index in [1.54, 1.807) is 29.8 Å². The molecule has 0 aliphatic carbocycles. The largest absolute Gasteiger partial charge is 0.489 e. The third-order valence-electron chi connectivity index (χ3n) is 3.77. The minimum atomic E-state index is -0.872. The Kier molecular flexibility index (Phi) is 4.85. The molecule has 1 heterocycles. The van der Waals surface area contributed by atoms with E-state index >= 15 is 0 Å². The van der Waals surface area contributed by atoms with E-state index in [9.17, 15) is 9.90 Å². The average molecular weight is 367 g/mol.